The number of para-hydroxylation sites is 1. The molecule has 172 valence electrons. The Labute approximate surface area is 198 Å². The lowest BCUT2D eigenvalue weighted by molar-refractivity contribution is 0.0963. The summed E-state index contributed by atoms with van der Waals surface area (Å²) in [5.74, 6) is 0.641. The second kappa shape index (κ2) is 9.27. The molecule has 0 fully saturated rings. The molecule has 6 heteroatoms. The van der Waals surface area contributed by atoms with E-state index in [1.54, 1.807) is 29.0 Å². The van der Waals surface area contributed by atoms with Gasteiger partial charge in [-0.2, -0.15) is 0 Å². The summed E-state index contributed by atoms with van der Waals surface area (Å²) in [5.41, 5.74) is 3.42. The first-order valence-corrected chi connectivity index (χ1v) is 10.6. The van der Waals surface area contributed by atoms with Crippen LogP contribution in [0.25, 0.3) is 16.5 Å². The highest BCUT2D eigenvalue weighted by atomic mass is 16.5. The topological polar surface area (TPSA) is 66.8 Å². The van der Waals surface area contributed by atoms with Crippen molar-refractivity contribution in [3.63, 3.8) is 0 Å². The third-order valence-corrected chi connectivity index (χ3v) is 5.72. The standard InChI is InChI=1S/C28H25NO5/c1-17-9-8-10-19(13-17)28(31)29-16-22(21-11-6-7-12-23(21)29)18(2)26(30)20-14-24(32-3)27(34-5)25(15-20)33-4/h6-16H,2H2,1,3-5H3. The lowest BCUT2D eigenvalue weighted by Gasteiger charge is -2.14. The molecule has 1 heterocycles. The van der Waals surface area contributed by atoms with E-state index in [2.05, 4.69) is 6.58 Å². The van der Waals surface area contributed by atoms with Gasteiger partial charge in [0.05, 0.1) is 26.8 Å². The molecule has 4 rings (SSSR count). The Morgan fingerprint density at radius 1 is 0.824 bits per heavy atom. The largest absolute Gasteiger partial charge is 0.493 e. The Hall–Kier alpha value is -4.32. The highest BCUT2D eigenvalue weighted by Crippen LogP contribution is 2.39. The minimum absolute atomic E-state index is 0.181. The van der Waals surface area contributed by atoms with Crippen molar-refractivity contribution >= 4 is 28.2 Å². The van der Waals surface area contributed by atoms with Crippen molar-refractivity contribution in [2.75, 3.05) is 21.3 Å². The highest BCUT2D eigenvalue weighted by molar-refractivity contribution is 6.31. The number of carbonyl (C=O) groups excluding carboxylic acids is 2. The number of ketones is 1. The van der Waals surface area contributed by atoms with Crippen LogP contribution < -0.4 is 14.2 Å². The van der Waals surface area contributed by atoms with E-state index in [9.17, 15) is 9.59 Å². The van der Waals surface area contributed by atoms with E-state index in [0.717, 1.165) is 10.9 Å². The van der Waals surface area contributed by atoms with Crippen molar-refractivity contribution in [2.45, 2.75) is 6.92 Å². The third kappa shape index (κ3) is 3.94. The number of methoxy groups -OCH3 is 3. The summed E-state index contributed by atoms with van der Waals surface area (Å²) >= 11 is 0. The summed E-state index contributed by atoms with van der Waals surface area (Å²) in [5, 5.41) is 0.759. The fraction of sp³-hybridized carbons (Fsp3) is 0.143. The Morgan fingerprint density at radius 3 is 2.12 bits per heavy atom. The van der Waals surface area contributed by atoms with E-state index in [1.165, 1.54) is 21.3 Å². The minimum Gasteiger partial charge on any atom is -0.493 e. The first kappa shape index (κ1) is 22.9. The van der Waals surface area contributed by atoms with Crippen LogP contribution in [-0.4, -0.2) is 37.6 Å². The summed E-state index contributed by atoms with van der Waals surface area (Å²) < 4.78 is 17.7. The van der Waals surface area contributed by atoms with Crippen molar-refractivity contribution in [3.8, 4) is 17.2 Å². The van der Waals surface area contributed by atoms with Crippen molar-refractivity contribution < 1.29 is 23.8 Å². The number of allylic oxidation sites excluding steroid dienone is 1. The fourth-order valence-corrected chi connectivity index (χ4v) is 4.01. The molecule has 0 aliphatic rings. The van der Waals surface area contributed by atoms with Crippen LogP contribution in [0.3, 0.4) is 0 Å². The predicted molar refractivity (Wildman–Crippen MR) is 132 cm³/mol. The summed E-state index contributed by atoms with van der Waals surface area (Å²) in [6.45, 7) is 6.02. The molecule has 0 radical (unpaired) electrons. The summed E-state index contributed by atoms with van der Waals surface area (Å²) in [6, 6.07) is 18.0. The van der Waals surface area contributed by atoms with Gasteiger partial charge in [0.1, 0.15) is 0 Å². The number of aryl methyl sites for hydroxylation is 1. The minimum atomic E-state index is -0.315. The Kier molecular flexibility index (Phi) is 6.23. The fourth-order valence-electron chi connectivity index (χ4n) is 4.01. The van der Waals surface area contributed by atoms with E-state index >= 15 is 0 Å². The van der Waals surface area contributed by atoms with E-state index in [1.807, 2.05) is 49.4 Å². The number of fused-ring (bicyclic) bond motifs is 1. The molecule has 0 bridgehead atoms. The Morgan fingerprint density at radius 2 is 1.50 bits per heavy atom. The lowest BCUT2D eigenvalue weighted by Crippen LogP contribution is -2.11. The van der Waals surface area contributed by atoms with Gasteiger partial charge in [0, 0.05) is 33.8 Å². The molecule has 4 aromatic rings. The zero-order valence-corrected chi connectivity index (χ0v) is 19.5. The quantitative estimate of drug-likeness (QED) is 0.270. The molecular formula is C28H25NO5. The van der Waals surface area contributed by atoms with Crippen LogP contribution in [0.4, 0.5) is 0 Å². The molecule has 0 unspecified atom stereocenters. The molecule has 6 nitrogen and oxygen atoms in total. The van der Waals surface area contributed by atoms with Crippen LogP contribution in [0.2, 0.25) is 0 Å². The van der Waals surface area contributed by atoms with Gasteiger partial charge in [-0.1, -0.05) is 42.5 Å². The molecule has 34 heavy (non-hydrogen) atoms. The van der Waals surface area contributed by atoms with Crippen LogP contribution in [0.1, 0.15) is 31.8 Å². The maximum absolute atomic E-state index is 13.5. The van der Waals surface area contributed by atoms with Crippen molar-refractivity contribution in [1.82, 2.24) is 4.57 Å². The molecular weight excluding hydrogens is 430 g/mol. The maximum Gasteiger partial charge on any atom is 0.262 e. The van der Waals surface area contributed by atoms with Crippen LogP contribution >= 0.6 is 0 Å². The molecule has 0 amide bonds. The average Bonchev–Trinajstić information content (AvgIpc) is 3.26. The SMILES string of the molecule is C=C(C(=O)c1cc(OC)c(OC)c(OC)c1)c1cn(C(=O)c2cccc(C)c2)c2ccccc12. The number of benzene rings is 3. The first-order valence-electron chi connectivity index (χ1n) is 10.6. The van der Waals surface area contributed by atoms with Crippen LogP contribution in [0.5, 0.6) is 17.2 Å². The van der Waals surface area contributed by atoms with Gasteiger partial charge in [0.15, 0.2) is 17.3 Å². The van der Waals surface area contributed by atoms with E-state index in [0.29, 0.717) is 39.5 Å². The van der Waals surface area contributed by atoms with Gasteiger partial charge >= 0.3 is 0 Å². The van der Waals surface area contributed by atoms with E-state index in [4.69, 9.17) is 14.2 Å². The number of nitrogens with zero attached hydrogens (tertiary/aromatic N) is 1. The summed E-state index contributed by atoms with van der Waals surface area (Å²) in [4.78, 5) is 26.8. The molecule has 0 saturated heterocycles. The number of hydrogen-bond donors (Lipinski definition) is 0. The van der Waals surface area contributed by atoms with Gasteiger partial charge in [-0.25, -0.2) is 0 Å². The normalized spacial score (nSPS) is 10.7. The zero-order valence-electron chi connectivity index (χ0n) is 19.5. The van der Waals surface area contributed by atoms with Crippen LogP contribution in [-0.2, 0) is 0 Å². The van der Waals surface area contributed by atoms with Gasteiger partial charge < -0.3 is 14.2 Å². The second-order valence-corrected chi connectivity index (χ2v) is 7.83. The van der Waals surface area contributed by atoms with Gasteiger partial charge in [-0.3, -0.25) is 14.2 Å². The van der Waals surface area contributed by atoms with E-state index in [-0.39, 0.29) is 17.3 Å². The van der Waals surface area contributed by atoms with Crippen LogP contribution in [0, 0.1) is 6.92 Å². The van der Waals surface area contributed by atoms with Crippen molar-refractivity contribution in [3.05, 3.63) is 95.7 Å². The monoisotopic (exact) mass is 455 g/mol. The zero-order chi connectivity index (χ0) is 24.4. The number of hydrogen-bond acceptors (Lipinski definition) is 5. The average molecular weight is 456 g/mol. The molecule has 0 spiro atoms. The van der Waals surface area contributed by atoms with Gasteiger partial charge in [0.25, 0.3) is 5.91 Å². The predicted octanol–water partition coefficient (Wildman–Crippen LogP) is 5.56. The number of carbonyl (C=O) groups is 2. The molecule has 0 saturated carbocycles. The van der Waals surface area contributed by atoms with Crippen molar-refractivity contribution in [1.29, 1.82) is 0 Å². The number of rotatable bonds is 7. The smallest absolute Gasteiger partial charge is 0.262 e. The van der Waals surface area contributed by atoms with Crippen molar-refractivity contribution in [2.24, 2.45) is 0 Å². The molecule has 1 aromatic heterocycles. The summed E-state index contributed by atoms with van der Waals surface area (Å²) in [6.07, 6.45) is 1.67. The Bertz CT molecular complexity index is 1410. The highest BCUT2D eigenvalue weighted by Gasteiger charge is 2.23. The first-order chi connectivity index (χ1) is 16.4. The number of ether oxygens (including phenoxy) is 3. The third-order valence-electron chi connectivity index (χ3n) is 5.72. The molecule has 0 atom stereocenters. The van der Waals surface area contributed by atoms with Gasteiger partial charge in [-0.05, 0) is 37.3 Å². The van der Waals surface area contributed by atoms with Gasteiger partial charge in [-0.15, -0.1) is 0 Å². The lowest BCUT2D eigenvalue weighted by atomic mass is 9.97. The maximum atomic E-state index is 13.5. The van der Waals surface area contributed by atoms with Crippen LogP contribution in [0.15, 0.2) is 73.4 Å². The molecule has 0 aliphatic carbocycles. The second-order valence-electron chi connectivity index (χ2n) is 7.83. The summed E-state index contributed by atoms with van der Waals surface area (Å²) in [7, 11) is 4.48. The number of aromatic nitrogens is 1. The molecule has 0 aliphatic heterocycles. The van der Waals surface area contributed by atoms with Gasteiger partial charge in [0.2, 0.25) is 5.75 Å². The Balaban J connectivity index is 1.80. The number of Topliss-reactive ketones (excluding diaryl/α,β-unsaturated/α-hetero) is 1. The molecule has 3 aromatic carbocycles. The van der Waals surface area contributed by atoms with E-state index < -0.39 is 0 Å². The molecule has 0 N–H and O–H groups in total.